The molecule has 1 unspecified atom stereocenters. The number of benzene rings is 1. The van der Waals surface area contributed by atoms with E-state index >= 15 is 0 Å². The van der Waals surface area contributed by atoms with E-state index in [1.807, 2.05) is 24.3 Å². The van der Waals surface area contributed by atoms with Gasteiger partial charge in [-0.3, -0.25) is 0 Å². The first-order valence-electron chi connectivity index (χ1n) is 7.30. The minimum Gasteiger partial charge on any atom is -0.415 e. The van der Waals surface area contributed by atoms with Crippen LogP contribution < -0.4 is 5.32 Å². The molecule has 0 fully saturated rings. The van der Waals surface area contributed by atoms with Crippen molar-refractivity contribution in [1.82, 2.24) is 0 Å². The van der Waals surface area contributed by atoms with Crippen LogP contribution >= 0.6 is 0 Å². The van der Waals surface area contributed by atoms with E-state index in [1.165, 1.54) is 0 Å². The fraction of sp³-hybridized carbons (Fsp3) is 0.625. The van der Waals surface area contributed by atoms with E-state index < -0.39 is 14.4 Å². The second-order valence-corrected chi connectivity index (χ2v) is 11.6. The highest BCUT2D eigenvalue weighted by atomic mass is 28.4. The van der Waals surface area contributed by atoms with E-state index in [-0.39, 0.29) is 5.04 Å². The molecule has 0 aliphatic carbocycles. The quantitative estimate of drug-likeness (QED) is 0.611. The van der Waals surface area contributed by atoms with Crippen LogP contribution in [0.15, 0.2) is 24.3 Å². The molecule has 0 aliphatic rings. The first-order valence-corrected chi connectivity index (χ1v) is 10.2. The lowest BCUT2D eigenvalue weighted by molar-refractivity contribution is 0.200. The average Bonchev–Trinajstić information content (AvgIpc) is 2.33. The lowest BCUT2D eigenvalue weighted by atomic mass is 10.1. The predicted molar refractivity (Wildman–Crippen MR) is 88.7 cm³/mol. The normalized spacial score (nSPS) is 14.2. The molecule has 4 heteroatoms. The zero-order chi connectivity index (χ0) is 15.4. The molecule has 0 bridgehead atoms. The Labute approximate surface area is 124 Å². The van der Waals surface area contributed by atoms with Crippen LogP contribution in [0.4, 0.5) is 5.69 Å². The second kappa shape index (κ2) is 6.74. The van der Waals surface area contributed by atoms with Gasteiger partial charge < -0.3 is 14.8 Å². The number of aliphatic hydroxyl groups excluding tert-OH is 1. The zero-order valence-electron chi connectivity index (χ0n) is 13.7. The maximum atomic E-state index is 9.73. The highest BCUT2D eigenvalue weighted by Gasteiger charge is 2.36. The Balaban J connectivity index is 2.50. The van der Waals surface area contributed by atoms with E-state index in [4.69, 9.17) is 4.43 Å². The molecule has 3 nitrogen and oxygen atoms in total. The Morgan fingerprint density at radius 2 is 1.85 bits per heavy atom. The van der Waals surface area contributed by atoms with E-state index in [9.17, 15) is 5.11 Å². The van der Waals surface area contributed by atoms with Crippen molar-refractivity contribution in [3.05, 3.63) is 29.8 Å². The molecule has 0 aromatic heterocycles. The molecular formula is C16H29NO2Si. The van der Waals surface area contributed by atoms with Gasteiger partial charge in [-0.05, 0) is 31.1 Å². The standard InChI is InChI=1S/C16H29NO2Si/c1-13(18)14-9-7-8-10-15(14)17-11-12-19-20(5,6)16(2,3)4/h7-10,13,17-18H,11-12H2,1-6H3. The molecule has 0 radical (unpaired) electrons. The molecule has 1 aromatic rings. The number of nitrogens with one attached hydrogen (secondary N) is 1. The summed E-state index contributed by atoms with van der Waals surface area (Å²) in [5.41, 5.74) is 1.92. The first-order chi connectivity index (χ1) is 9.15. The molecule has 0 heterocycles. The molecule has 1 aromatic carbocycles. The van der Waals surface area contributed by atoms with Crippen molar-refractivity contribution in [1.29, 1.82) is 0 Å². The lowest BCUT2D eigenvalue weighted by Gasteiger charge is -2.36. The van der Waals surface area contributed by atoms with Crippen LogP contribution in [0.3, 0.4) is 0 Å². The average molecular weight is 295 g/mol. The number of aliphatic hydroxyl groups is 1. The molecule has 0 aliphatic heterocycles. The fourth-order valence-electron chi connectivity index (χ4n) is 1.73. The van der Waals surface area contributed by atoms with Crippen molar-refractivity contribution in [3.8, 4) is 0 Å². The molecule has 2 N–H and O–H groups in total. The molecule has 1 rings (SSSR count). The summed E-state index contributed by atoms with van der Waals surface area (Å²) in [5, 5.41) is 13.3. The number of anilines is 1. The summed E-state index contributed by atoms with van der Waals surface area (Å²) in [6, 6.07) is 7.86. The van der Waals surface area contributed by atoms with Crippen LogP contribution in [0.5, 0.6) is 0 Å². The van der Waals surface area contributed by atoms with Crippen LogP contribution in [0.2, 0.25) is 18.1 Å². The summed E-state index contributed by atoms with van der Waals surface area (Å²) in [6.07, 6.45) is -0.458. The van der Waals surface area contributed by atoms with Crippen molar-refractivity contribution < 1.29 is 9.53 Å². The van der Waals surface area contributed by atoms with Crippen molar-refractivity contribution in [3.63, 3.8) is 0 Å². The molecule has 114 valence electrons. The van der Waals surface area contributed by atoms with Gasteiger partial charge in [0.2, 0.25) is 0 Å². The topological polar surface area (TPSA) is 41.5 Å². The molecule has 0 amide bonds. The van der Waals surface area contributed by atoms with Gasteiger partial charge in [-0.2, -0.15) is 0 Å². The Hall–Kier alpha value is -0.843. The Morgan fingerprint density at radius 1 is 1.25 bits per heavy atom. The van der Waals surface area contributed by atoms with Gasteiger partial charge in [-0.15, -0.1) is 0 Å². The third-order valence-electron chi connectivity index (χ3n) is 4.10. The van der Waals surface area contributed by atoms with Gasteiger partial charge in [0, 0.05) is 17.8 Å². The third kappa shape index (κ3) is 4.61. The first kappa shape index (κ1) is 17.2. The Kier molecular flexibility index (Phi) is 5.80. The highest BCUT2D eigenvalue weighted by molar-refractivity contribution is 6.74. The van der Waals surface area contributed by atoms with Gasteiger partial charge in [0.1, 0.15) is 0 Å². The third-order valence-corrected chi connectivity index (χ3v) is 8.64. The van der Waals surface area contributed by atoms with Gasteiger partial charge in [0.15, 0.2) is 8.32 Å². The van der Waals surface area contributed by atoms with Gasteiger partial charge in [-0.25, -0.2) is 0 Å². The van der Waals surface area contributed by atoms with Gasteiger partial charge in [0.25, 0.3) is 0 Å². The minimum absolute atomic E-state index is 0.241. The van der Waals surface area contributed by atoms with Gasteiger partial charge in [0.05, 0.1) is 12.7 Å². The van der Waals surface area contributed by atoms with Crippen LogP contribution in [0, 0.1) is 0 Å². The van der Waals surface area contributed by atoms with Gasteiger partial charge in [-0.1, -0.05) is 39.0 Å². The number of hydrogen-bond acceptors (Lipinski definition) is 3. The smallest absolute Gasteiger partial charge is 0.192 e. The Morgan fingerprint density at radius 3 is 2.40 bits per heavy atom. The summed E-state index contributed by atoms with van der Waals surface area (Å²) in [7, 11) is -1.67. The highest BCUT2D eigenvalue weighted by Crippen LogP contribution is 2.36. The van der Waals surface area contributed by atoms with Crippen molar-refractivity contribution in [2.75, 3.05) is 18.5 Å². The van der Waals surface area contributed by atoms with E-state index in [2.05, 4.69) is 39.2 Å². The maximum Gasteiger partial charge on any atom is 0.192 e. The van der Waals surface area contributed by atoms with E-state index in [1.54, 1.807) is 6.92 Å². The van der Waals surface area contributed by atoms with E-state index in [0.29, 0.717) is 6.61 Å². The molecular weight excluding hydrogens is 266 g/mol. The van der Waals surface area contributed by atoms with Crippen LogP contribution in [-0.2, 0) is 4.43 Å². The number of rotatable bonds is 6. The van der Waals surface area contributed by atoms with Crippen LogP contribution in [-0.4, -0.2) is 26.6 Å². The summed E-state index contributed by atoms with van der Waals surface area (Å²) in [5.74, 6) is 0. The molecule has 0 saturated heterocycles. The number of para-hydroxylation sites is 1. The van der Waals surface area contributed by atoms with Crippen LogP contribution in [0.25, 0.3) is 0 Å². The largest absolute Gasteiger partial charge is 0.415 e. The summed E-state index contributed by atoms with van der Waals surface area (Å²) < 4.78 is 6.13. The van der Waals surface area contributed by atoms with Crippen molar-refractivity contribution >= 4 is 14.0 Å². The molecule has 0 saturated carbocycles. The van der Waals surface area contributed by atoms with Crippen molar-refractivity contribution in [2.45, 2.75) is 51.9 Å². The monoisotopic (exact) mass is 295 g/mol. The molecule has 20 heavy (non-hydrogen) atoms. The minimum atomic E-state index is -1.67. The lowest BCUT2D eigenvalue weighted by Crippen LogP contribution is -2.41. The summed E-state index contributed by atoms with van der Waals surface area (Å²) in [6.45, 7) is 14.5. The molecule has 0 spiro atoms. The zero-order valence-corrected chi connectivity index (χ0v) is 14.7. The van der Waals surface area contributed by atoms with E-state index in [0.717, 1.165) is 17.8 Å². The second-order valence-electron chi connectivity index (χ2n) is 6.80. The fourth-order valence-corrected chi connectivity index (χ4v) is 2.78. The van der Waals surface area contributed by atoms with Crippen LogP contribution in [0.1, 0.15) is 39.4 Å². The van der Waals surface area contributed by atoms with Gasteiger partial charge >= 0.3 is 0 Å². The maximum absolute atomic E-state index is 9.73. The SMILES string of the molecule is CC(O)c1ccccc1NCCO[Si](C)(C)C(C)(C)C. The molecule has 1 atom stereocenters. The number of hydrogen-bond donors (Lipinski definition) is 2. The predicted octanol–water partition coefficient (Wildman–Crippen LogP) is 4.17. The summed E-state index contributed by atoms with van der Waals surface area (Å²) >= 11 is 0. The summed E-state index contributed by atoms with van der Waals surface area (Å²) in [4.78, 5) is 0. The Bertz CT molecular complexity index is 425. The van der Waals surface area contributed by atoms with Crippen molar-refractivity contribution in [2.24, 2.45) is 0 Å².